The lowest BCUT2D eigenvalue weighted by Gasteiger charge is -2.28. The third kappa shape index (κ3) is 6.06. The number of methoxy groups -OCH3 is 2. The molecule has 1 aromatic heterocycles. The zero-order chi connectivity index (χ0) is 23.9. The van der Waals surface area contributed by atoms with Crippen molar-refractivity contribution in [1.82, 2.24) is 9.97 Å². The minimum atomic E-state index is -0.367. The maximum atomic E-state index is 12.4. The lowest BCUT2D eigenvalue weighted by Crippen LogP contribution is -2.30. The Morgan fingerprint density at radius 1 is 0.824 bits per heavy atom. The van der Waals surface area contributed by atoms with Crippen LogP contribution in [-0.4, -0.2) is 43.3 Å². The Kier molecular flexibility index (Phi) is 7.31. The van der Waals surface area contributed by atoms with Crippen LogP contribution in [0, 0.1) is 6.92 Å². The molecule has 0 radical (unpaired) electrons. The minimum absolute atomic E-state index is 0.367. The summed E-state index contributed by atoms with van der Waals surface area (Å²) >= 11 is 0. The number of ether oxygens (including phenoxy) is 2. The normalized spacial score (nSPS) is 13.2. The van der Waals surface area contributed by atoms with Gasteiger partial charge in [0.15, 0.2) is 0 Å². The summed E-state index contributed by atoms with van der Waals surface area (Å²) in [5, 5.41) is 8.95. The second kappa shape index (κ2) is 10.7. The SMILES string of the molecule is COc1cc(NC(=O)Nc2ccc(Nc3cc(N4CCCCC4)nc(C)n3)cc2)cc(OC)c1. The van der Waals surface area contributed by atoms with Crippen molar-refractivity contribution in [2.75, 3.05) is 48.2 Å². The molecule has 34 heavy (non-hydrogen) atoms. The molecule has 1 fully saturated rings. The van der Waals surface area contributed by atoms with E-state index in [0.29, 0.717) is 22.9 Å². The van der Waals surface area contributed by atoms with E-state index in [-0.39, 0.29) is 6.03 Å². The highest BCUT2D eigenvalue weighted by Crippen LogP contribution is 2.26. The van der Waals surface area contributed by atoms with Crippen LogP contribution in [0.15, 0.2) is 48.5 Å². The number of carbonyl (C=O) groups excluding carboxylic acids is 1. The third-order valence-corrected chi connectivity index (χ3v) is 5.53. The molecule has 2 amide bonds. The average molecular weight is 463 g/mol. The van der Waals surface area contributed by atoms with Gasteiger partial charge in [-0.25, -0.2) is 14.8 Å². The van der Waals surface area contributed by atoms with Gasteiger partial charge in [-0.3, -0.25) is 0 Å². The van der Waals surface area contributed by atoms with Gasteiger partial charge in [0.1, 0.15) is 29.0 Å². The lowest BCUT2D eigenvalue weighted by molar-refractivity contribution is 0.262. The zero-order valence-electron chi connectivity index (χ0n) is 19.7. The molecule has 9 heteroatoms. The van der Waals surface area contributed by atoms with E-state index >= 15 is 0 Å². The first-order valence-electron chi connectivity index (χ1n) is 11.3. The van der Waals surface area contributed by atoms with Crippen LogP contribution in [0.1, 0.15) is 25.1 Å². The van der Waals surface area contributed by atoms with Crippen LogP contribution in [0.3, 0.4) is 0 Å². The standard InChI is InChI=1S/C25H30N6O3/c1-17-26-23(16-24(27-17)31-11-5-4-6-12-31)28-18-7-9-19(10-8-18)29-25(32)30-20-13-21(33-2)15-22(14-20)34-3/h7-10,13-16H,4-6,11-12H2,1-3H3,(H,26,27,28)(H2,29,30,32). The number of anilines is 5. The fourth-order valence-electron chi connectivity index (χ4n) is 3.86. The van der Waals surface area contributed by atoms with Crippen molar-refractivity contribution in [3.63, 3.8) is 0 Å². The molecule has 0 bridgehead atoms. The second-order valence-corrected chi connectivity index (χ2v) is 8.09. The van der Waals surface area contributed by atoms with Gasteiger partial charge < -0.3 is 30.3 Å². The molecular formula is C25H30N6O3. The van der Waals surface area contributed by atoms with Gasteiger partial charge in [0.2, 0.25) is 0 Å². The molecule has 9 nitrogen and oxygen atoms in total. The molecule has 2 aromatic carbocycles. The fourth-order valence-corrected chi connectivity index (χ4v) is 3.86. The number of aromatic nitrogens is 2. The molecule has 0 aliphatic carbocycles. The van der Waals surface area contributed by atoms with Crippen LogP contribution in [0.25, 0.3) is 0 Å². The van der Waals surface area contributed by atoms with E-state index in [9.17, 15) is 4.79 Å². The number of urea groups is 1. The topological polar surface area (TPSA) is 101 Å². The highest BCUT2D eigenvalue weighted by Gasteiger charge is 2.14. The van der Waals surface area contributed by atoms with Gasteiger partial charge >= 0.3 is 6.03 Å². The van der Waals surface area contributed by atoms with Crippen molar-refractivity contribution in [2.45, 2.75) is 26.2 Å². The summed E-state index contributed by atoms with van der Waals surface area (Å²) in [5.74, 6) is 3.62. The third-order valence-electron chi connectivity index (χ3n) is 5.53. The Hall–Kier alpha value is -4.01. The first-order chi connectivity index (χ1) is 16.5. The van der Waals surface area contributed by atoms with E-state index in [1.165, 1.54) is 19.3 Å². The van der Waals surface area contributed by atoms with Gasteiger partial charge in [0, 0.05) is 54.4 Å². The number of rotatable bonds is 7. The number of aryl methyl sites for hydroxylation is 1. The first kappa shape index (κ1) is 23.2. The predicted octanol–water partition coefficient (Wildman–Crippen LogP) is 5.18. The number of carbonyl (C=O) groups is 1. The molecule has 1 aliphatic rings. The fraction of sp³-hybridized carbons (Fsp3) is 0.320. The summed E-state index contributed by atoms with van der Waals surface area (Å²) in [6.07, 6.45) is 3.66. The Labute approximate surface area is 199 Å². The molecule has 1 saturated heterocycles. The van der Waals surface area contributed by atoms with Crippen molar-refractivity contribution < 1.29 is 14.3 Å². The first-order valence-corrected chi connectivity index (χ1v) is 11.3. The molecule has 0 atom stereocenters. The highest BCUT2D eigenvalue weighted by molar-refractivity contribution is 6.00. The number of amides is 2. The minimum Gasteiger partial charge on any atom is -0.497 e. The van der Waals surface area contributed by atoms with Crippen LogP contribution in [0.4, 0.5) is 33.5 Å². The van der Waals surface area contributed by atoms with Crippen molar-refractivity contribution in [3.05, 3.63) is 54.4 Å². The Balaban J connectivity index is 1.38. The van der Waals surface area contributed by atoms with E-state index in [1.807, 2.05) is 37.3 Å². The summed E-state index contributed by atoms with van der Waals surface area (Å²) in [4.78, 5) is 23.9. The predicted molar refractivity (Wildman–Crippen MR) is 135 cm³/mol. The van der Waals surface area contributed by atoms with Gasteiger partial charge in [0.05, 0.1) is 14.2 Å². The van der Waals surface area contributed by atoms with Crippen LogP contribution < -0.4 is 30.3 Å². The number of piperidine rings is 1. The maximum Gasteiger partial charge on any atom is 0.323 e. The number of hydrogen-bond donors (Lipinski definition) is 3. The molecule has 0 spiro atoms. The maximum absolute atomic E-state index is 12.4. The quantitative estimate of drug-likeness (QED) is 0.445. The number of benzene rings is 2. The van der Waals surface area contributed by atoms with Crippen molar-refractivity contribution in [1.29, 1.82) is 0 Å². The number of nitrogens with zero attached hydrogens (tertiary/aromatic N) is 3. The monoisotopic (exact) mass is 462 g/mol. The average Bonchev–Trinajstić information content (AvgIpc) is 2.85. The Morgan fingerprint density at radius 2 is 1.44 bits per heavy atom. The van der Waals surface area contributed by atoms with E-state index in [0.717, 1.165) is 36.2 Å². The van der Waals surface area contributed by atoms with E-state index in [4.69, 9.17) is 9.47 Å². The molecule has 3 N–H and O–H groups in total. The summed E-state index contributed by atoms with van der Waals surface area (Å²) in [6.45, 7) is 3.96. The van der Waals surface area contributed by atoms with Gasteiger partial charge in [-0.1, -0.05) is 0 Å². The molecule has 4 rings (SSSR count). The Morgan fingerprint density at radius 3 is 2.09 bits per heavy atom. The summed E-state index contributed by atoms with van der Waals surface area (Å²) in [5.41, 5.74) is 2.09. The number of nitrogens with one attached hydrogen (secondary N) is 3. The molecule has 2 heterocycles. The van der Waals surface area contributed by atoms with E-state index in [2.05, 4.69) is 30.8 Å². The van der Waals surface area contributed by atoms with Crippen LogP contribution in [0.5, 0.6) is 11.5 Å². The zero-order valence-corrected chi connectivity index (χ0v) is 19.7. The molecule has 1 aliphatic heterocycles. The summed E-state index contributed by atoms with van der Waals surface area (Å²) in [7, 11) is 3.12. The lowest BCUT2D eigenvalue weighted by atomic mass is 10.1. The molecule has 3 aromatic rings. The summed E-state index contributed by atoms with van der Waals surface area (Å²) < 4.78 is 10.5. The van der Waals surface area contributed by atoms with Crippen LogP contribution in [-0.2, 0) is 0 Å². The van der Waals surface area contributed by atoms with E-state index in [1.54, 1.807) is 32.4 Å². The number of hydrogen-bond acceptors (Lipinski definition) is 7. The molecular weight excluding hydrogens is 432 g/mol. The summed E-state index contributed by atoms with van der Waals surface area (Å²) in [6, 6.07) is 14.2. The smallest absolute Gasteiger partial charge is 0.323 e. The largest absolute Gasteiger partial charge is 0.497 e. The van der Waals surface area contributed by atoms with Crippen LogP contribution >= 0.6 is 0 Å². The molecule has 0 unspecified atom stereocenters. The van der Waals surface area contributed by atoms with Gasteiger partial charge in [-0.05, 0) is 50.5 Å². The Bertz CT molecular complexity index is 1110. The van der Waals surface area contributed by atoms with Crippen molar-refractivity contribution in [2.24, 2.45) is 0 Å². The van der Waals surface area contributed by atoms with Gasteiger partial charge in [-0.2, -0.15) is 0 Å². The van der Waals surface area contributed by atoms with Crippen LogP contribution in [0.2, 0.25) is 0 Å². The van der Waals surface area contributed by atoms with Crippen molar-refractivity contribution >= 4 is 34.7 Å². The second-order valence-electron chi connectivity index (χ2n) is 8.09. The van der Waals surface area contributed by atoms with Gasteiger partial charge in [-0.15, -0.1) is 0 Å². The van der Waals surface area contributed by atoms with Gasteiger partial charge in [0.25, 0.3) is 0 Å². The van der Waals surface area contributed by atoms with Crippen molar-refractivity contribution in [3.8, 4) is 11.5 Å². The molecule has 0 saturated carbocycles. The highest BCUT2D eigenvalue weighted by atomic mass is 16.5. The molecule has 178 valence electrons. The van der Waals surface area contributed by atoms with E-state index < -0.39 is 0 Å².